The molecule has 1 saturated heterocycles. The van der Waals surface area contributed by atoms with Crippen LogP contribution in [-0.4, -0.2) is 54.6 Å². The average Bonchev–Trinajstić information content (AvgIpc) is 3.02. The number of hydrogen-bond acceptors (Lipinski definition) is 2. The molecule has 4 nitrogen and oxygen atoms in total. The number of nitrogens with one attached hydrogen (secondary N) is 1. The Labute approximate surface area is 91.6 Å². The molecule has 0 aromatic carbocycles. The minimum absolute atomic E-state index is 0.143. The lowest BCUT2D eigenvalue weighted by atomic mass is 10.1. The van der Waals surface area contributed by atoms with Crippen molar-refractivity contribution in [1.29, 1.82) is 0 Å². The third-order valence-corrected chi connectivity index (χ3v) is 3.44. The maximum Gasteiger partial charge on any atom is 0.317 e. The molecule has 0 aromatic heterocycles. The minimum atomic E-state index is 0.143. The topological polar surface area (TPSA) is 35.6 Å². The van der Waals surface area contributed by atoms with Crippen LogP contribution in [0.2, 0.25) is 0 Å². The standard InChI is InChI=1S/C11H21N3O/c1-3-10-8-14(7-6-13(10)2)11(15)12-9-4-5-9/h9-10H,3-8H2,1-2H3,(H,12,15). The van der Waals surface area contributed by atoms with Gasteiger partial charge in [0.2, 0.25) is 0 Å². The number of carbonyl (C=O) groups is 1. The van der Waals surface area contributed by atoms with Gasteiger partial charge in [-0.1, -0.05) is 6.92 Å². The van der Waals surface area contributed by atoms with Crippen molar-refractivity contribution in [1.82, 2.24) is 15.1 Å². The van der Waals surface area contributed by atoms with Crippen molar-refractivity contribution in [3.05, 3.63) is 0 Å². The maximum atomic E-state index is 11.8. The van der Waals surface area contributed by atoms with E-state index in [2.05, 4.69) is 24.2 Å². The second kappa shape index (κ2) is 4.39. The zero-order valence-electron chi connectivity index (χ0n) is 9.70. The normalized spacial score (nSPS) is 27.9. The van der Waals surface area contributed by atoms with E-state index in [-0.39, 0.29) is 6.03 Å². The van der Waals surface area contributed by atoms with Crippen molar-refractivity contribution < 1.29 is 4.79 Å². The summed E-state index contributed by atoms with van der Waals surface area (Å²) in [6.07, 6.45) is 3.44. The first-order chi connectivity index (χ1) is 7.20. The van der Waals surface area contributed by atoms with Crippen LogP contribution < -0.4 is 5.32 Å². The van der Waals surface area contributed by atoms with Gasteiger partial charge in [-0.05, 0) is 26.3 Å². The summed E-state index contributed by atoms with van der Waals surface area (Å²) in [4.78, 5) is 16.1. The molecule has 1 heterocycles. The van der Waals surface area contributed by atoms with Gasteiger partial charge in [0.1, 0.15) is 0 Å². The van der Waals surface area contributed by atoms with Crippen molar-refractivity contribution in [2.45, 2.75) is 38.3 Å². The molecule has 1 atom stereocenters. The van der Waals surface area contributed by atoms with Gasteiger partial charge in [-0.25, -0.2) is 4.79 Å². The summed E-state index contributed by atoms with van der Waals surface area (Å²) in [5, 5.41) is 3.05. The van der Waals surface area contributed by atoms with E-state index in [0.717, 1.165) is 38.9 Å². The number of amides is 2. The van der Waals surface area contributed by atoms with Crippen LogP contribution >= 0.6 is 0 Å². The summed E-state index contributed by atoms with van der Waals surface area (Å²) in [6, 6.07) is 1.14. The Morgan fingerprint density at radius 3 is 2.73 bits per heavy atom. The molecular weight excluding hydrogens is 190 g/mol. The summed E-state index contributed by atoms with van der Waals surface area (Å²) in [5.74, 6) is 0. The molecule has 2 fully saturated rings. The van der Waals surface area contributed by atoms with Gasteiger partial charge in [-0.3, -0.25) is 4.90 Å². The van der Waals surface area contributed by atoms with E-state index < -0.39 is 0 Å². The molecule has 1 unspecified atom stereocenters. The lowest BCUT2D eigenvalue weighted by Gasteiger charge is -2.39. The van der Waals surface area contributed by atoms with E-state index in [1.54, 1.807) is 0 Å². The summed E-state index contributed by atoms with van der Waals surface area (Å²) < 4.78 is 0. The fourth-order valence-electron chi connectivity index (χ4n) is 2.06. The van der Waals surface area contributed by atoms with Crippen LogP contribution in [0, 0.1) is 0 Å². The molecule has 2 amide bonds. The second-order valence-corrected chi connectivity index (χ2v) is 4.71. The Bertz CT molecular complexity index is 240. The third kappa shape index (κ3) is 2.62. The summed E-state index contributed by atoms with van der Waals surface area (Å²) in [6.45, 7) is 4.93. The number of nitrogens with zero attached hydrogens (tertiary/aromatic N) is 2. The van der Waals surface area contributed by atoms with Crippen LogP contribution in [0.1, 0.15) is 26.2 Å². The zero-order chi connectivity index (χ0) is 10.8. The number of carbonyl (C=O) groups excluding carboxylic acids is 1. The SMILES string of the molecule is CCC1CN(C(=O)NC2CC2)CCN1C. The van der Waals surface area contributed by atoms with Crippen LogP contribution in [-0.2, 0) is 0 Å². The Morgan fingerprint density at radius 1 is 1.40 bits per heavy atom. The lowest BCUT2D eigenvalue weighted by molar-refractivity contribution is 0.107. The summed E-state index contributed by atoms with van der Waals surface area (Å²) in [5.41, 5.74) is 0. The molecule has 2 aliphatic rings. The first-order valence-electron chi connectivity index (χ1n) is 5.96. The molecule has 1 aliphatic heterocycles. The van der Waals surface area contributed by atoms with Crippen molar-refractivity contribution in [3.63, 3.8) is 0 Å². The van der Waals surface area contributed by atoms with Crippen molar-refractivity contribution in [2.75, 3.05) is 26.7 Å². The molecule has 1 aliphatic carbocycles. The molecule has 0 aromatic rings. The highest BCUT2D eigenvalue weighted by Crippen LogP contribution is 2.19. The third-order valence-electron chi connectivity index (χ3n) is 3.44. The first kappa shape index (κ1) is 10.7. The highest BCUT2D eigenvalue weighted by Gasteiger charge is 2.29. The van der Waals surface area contributed by atoms with E-state index in [9.17, 15) is 4.79 Å². The molecule has 15 heavy (non-hydrogen) atoms. The van der Waals surface area contributed by atoms with Crippen molar-refractivity contribution >= 4 is 6.03 Å². The largest absolute Gasteiger partial charge is 0.335 e. The number of likely N-dealkylation sites (N-methyl/N-ethyl adjacent to an activating group) is 1. The number of urea groups is 1. The van der Waals surface area contributed by atoms with Gasteiger partial charge < -0.3 is 10.2 Å². The first-order valence-corrected chi connectivity index (χ1v) is 5.96. The Balaban J connectivity index is 1.84. The minimum Gasteiger partial charge on any atom is -0.335 e. The van der Waals surface area contributed by atoms with Crippen LogP contribution in [0.4, 0.5) is 4.79 Å². The number of piperazine rings is 1. The van der Waals surface area contributed by atoms with Crippen LogP contribution in [0.5, 0.6) is 0 Å². The molecule has 4 heteroatoms. The molecule has 2 rings (SSSR count). The van der Waals surface area contributed by atoms with Gasteiger partial charge in [0.05, 0.1) is 0 Å². The summed E-state index contributed by atoms with van der Waals surface area (Å²) in [7, 11) is 2.14. The molecule has 1 N–H and O–H groups in total. The zero-order valence-corrected chi connectivity index (χ0v) is 9.70. The van der Waals surface area contributed by atoms with Crippen molar-refractivity contribution in [3.8, 4) is 0 Å². The maximum absolute atomic E-state index is 11.8. The fraction of sp³-hybridized carbons (Fsp3) is 0.909. The van der Waals surface area contributed by atoms with E-state index in [1.165, 1.54) is 0 Å². The Hall–Kier alpha value is -0.770. The van der Waals surface area contributed by atoms with Crippen LogP contribution in [0.15, 0.2) is 0 Å². The predicted molar refractivity (Wildman–Crippen MR) is 59.8 cm³/mol. The van der Waals surface area contributed by atoms with E-state index in [0.29, 0.717) is 12.1 Å². The lowest BCUT2D eigenvalue weighted by Crippen LogP contribution is -2.55. The highest BCUT2D eigenvalue weighted by molar-refractivity contribution is 5.75. The number of hydrogen-bond donors (Lipinski definition) is 1. The number of rotatable bonds is 2. The molecular formula is C11H21N3O. The molecule has 86 valence electrons. The van der Waals surface area contributed by atoms with Crippen LogP contribution in [0.3, 0.4) is 0 Å². The highest BCUT2D eigenvalue weighted by atomic mass is 16.2. The van der Waals surface area contributed by atoms with E-state index >= 15 is 0 Å². The predicted octanol–water partition coefficient (Wildman–Crippen LogP) is 0.884. The quantitative estimate of drug-likeness (QED) is 0.736. The molecule has 0 radical (unpaired) electrons. The van der Waals surface area contributed by atoms with Crippen molar-refractivity contribution in [2.24, 2.45) is 0 Å². The smallest absolute Gasteiger partial charge is 0.317 e. The van der Waals surface area contributed by atoms with Gasteiger partial charge in [-0.2, -0.15) is 0 Å². The molecule has 0 bridgehead atoms. The monoisotopic (exact) mass is 211 g/mol. The van der Waals surface area contributed by atoms with E-state index in [1.807, 2.05) is 4.90 Å². The second-order valence-electron chi connectivity index (χ2n) is 4.71. The van der Waals surface area contributed by atoms with Gasteiger partial charge >= 0.3 is 6.03 Å². The van der Waals surface area contributed by atoms with Gasteiger partial charge in [-0.15, -0.1) is 0 Å². The Kier molecular flexibility index (Phi) is 3.14. The average molecular weight is 211 g/mol. The van der Waals surface area contributed by atoms with E-state index in [4.69, 9.17) is 0 Å². The Morgan fingerprint density at radius 2 is 2.13 bits per heavy atom. The van der Waals surface area contributed by atoms with Gasteiger partial charge in [0.15, 0.2) is 0 Å². The molecule has 0 spiro atoms. The van der Waals surface area contributed by atoms with Crippen LogP contribution in [0.25, 0.3) is 0 Å². The fourth-order valence-corrected chi connectivity index (χ4v) is 2.06. The van der Waals surface area contributed by atoms with Gasteiger partial charge in [0, 0.05) is 31.7 Å². The summed E-state index contributed by atoms with van der Waals surface area (Å²) >= 11 is 0. The van der Waals surface area contributed by atoms with Gasteiger partial charge in [0.25, 0.3) is 0 Å². The molecule has 1 saturated carbocycles.